The van der Waals surface area contributed by atoms with E-state index in [0.29, 0.717) is 0 Å². The molecule has 98 valence electrons. The van der Waals surface area contributed by atoms with Gasteiger partial charge < -0.3 is 11.5 Å². The molecule has 0 spiro atoms. The van der Waals surface area contributed by atoms with Gasteiger partial charge >= 0.3 is 0 Å². The first-order valence-corrected chi connectivity index (χ1v) is 6.41. The third-order valence-electron chi connectivity index (χ3n) is 3.19. The highest BCUT2D eigenvalue weighted by molar-refractivity contribution is 5.97. The lowest BCUT2D eigenvalue weighted by Gasteiger charge is -2.02. The minimum Gasteiger partial charge on any atom is -0.370 e. The first kappa shape index (κ1) is 12.2. The topological polar surface area (TPSA) is 64.4 Å². The number of nitrogens with two attached hydrogens (primary N) is 2. The van der Waals surface area contributed by atoms with Crippen molar-refractivity contribution < 1.29 is 0 Å². The number of hydrogen-bond donors (Lipinski definition) is 2. The molecule has 0 saturated heterocycles. The van der Waals surface area contributed by atoms with Crippen LogP contribution in [0.2, 0.25) is 0 Å². The lowest BCUT2D eigenvalue weighted by Crippen LogP contribution is -2.21. The Hall–Kier alpha value is -2.81. The van der Waals surface area contributed by atoms with Crippen LogP contribution in [-0.2, 0) is 0 Å². The summed E-state index contributed by atoms with van der Waals surface area (Å²) in [6.45, 7) is 0. The van der Waals surface area contributed by atoms with Gasteiger partial charge in [0.25, 0.3) is 0 Å². The van der Waals surface area contributed by atoms with Gasteiger partial charge in [0.15, 0.2) is 5.96 Å². The van der Waals surface area contributed by atoms with E-state index in [-0.39, 0.29) is 5.96 Å². The summed E-state index contributed by atoms with van der Waals surface area (Å²) < 4.78 is 0. The Balaban J connectivity index is 1.91. The number of nitrogens with zero attached hydrogens (tertiary/aromatic N) is 1. The molecule has 0 radical (unpaired) electrons. The van der Waals surface area contributed by atoms with Crippen molar-refractivity contribution in [3.8, 4) is 0 Å². The van der Waals surface area contributed by atoms with Crippen LogP contribution in [0, 0.1) is 0 Å². The van der Waals surface area contributed by atoms with Crippen molar-refractivity contribution >= 4 is 29.4 Å². The van der Waals surface area contributed by atoms with Crippen LogP contribution >= 0.6 is 0 Å². The fourth-order valence-electron chi connectivity index (χ4n) is 2.27. The molecular weight excluding hydrogens is 246 g/mol. The second-order valence-electron chi connectivity index (χ2n) is 4.65. The Morgan fingerprint density at radius 2 is 1.65 bits per heavy atom. The summed E-state index contributed by atoms with van der Waals surface area (Å²) in [5.41, 5.74) is 16.3. The fraction of sp³-hybridized carbons (Fsp3) is 0. The number of benzene rings is 2. The maximum absolute atomic E-state index is 5.35. The number of allylic oxidation sites excluding steroid dienone is 2. The predicted molar refractivity (Wildman–Crippen MR) is 85.3 cm³/mol. The molecule has 3 rings (SSSR count). The highest BCUT2D eigenvalue weighted by atomic mass is 15.0. The van der Waals surface area contributed by atoms with E-state index in [9.17, 15) is 0 Å². The van der Waals surface area contributed by atoms with Gasteiger partial charge in [0.1, 0.15) is 0 Å². The third kappa shape index (κ3) is 2.47. The van der Waals surface area contributed by atoms with Crippen molar-refractivity contribution in [3.05, 3.63) is 71.3 Å². The van der Waals surface area contributed by atoms with Crippen molar-refractivity contribution in [1.82, 2.24) is 0 Å². The van der Waals surface area contributed by atoms with Gasteiger partial charge in [-0.15, -0.1) is 0 Å². The maximum atomic E-state index is 5.35. The van der Waals surface area contributed by atoms with Crippen molar-refractivity contribution in [3.63, 3.8) is 0 Å². The van der Waals surface area contributed by atoms with Gasteiger partial charge in [-0.25, -0.2) is 4.99 Å². The molecule has 0 unspecified atom stereocenters. The largest absolute Gasteiger partial charge is 0.370 e. The van der Waals surface area contributed by atoms with Crippen LogP contribution in [0.3, 0.4) is 0 Å². The predicted octanol–water partition coefficient (Wildman–Crippen LogP) is 3.16. The Labute approximate surface area is 118 Å². The summed E-state index contributed by atoms with van der Waals surface area (Å²) in [7, 11) is 0. The standard InChI is InChI=1S/C17H15N3/c18-17(19)20-15-9-5-12(6-10-15)11-14-8-7-13-3-1-2-4-16(13)14/h1-11H,(H4,18,19,20)/b14-11-. The summed E-state index contributed by atoms with van der Waals surface area (Å²) >= 11 is 0. The van der Waals surface area contributed by atoms with E-state index in [2.05, 4.69) is 47.5 Å². The number of fused-ring (bicyclic) bond motifs is 1. The molecule has 4 N–H and O–H groups in total. The van der Waals surface area contributed by atoms with Crippen molar-refractivity contribution in [2.75, 3.05) is 0 Å². The maximum Gasteiger partial charge on any atom is 0.191 e. The van der Waals surface area contributed by atoms with Crippen LogP contribution in [0.4, 0.5) is 5.69 Å². The minimum atomic E-state index is 0.0729. The van der Waals surface area contributed by atoms with E-state index in [0.717, 1.165) is 11.3 Å². The van der Waals surface area contributed by atoms with Crippen LogP contribution in [0.25, 0.3) is 17.7 Å². The van der Waals surface area contributed by atoms with Gasteiger partial charge in [0.2, 0.25) is 0 Å². The molecule has 0 atom stereocenters. The zero-order chi connectivity index (χ0) is 13.9. The number of guanidine groups is 1. The molecule has 20 heavy (non-hydrogen) atoms. The zero-order valence-corrected chi connectivity index (χ0v) is 11.0. The van der Waals surface area contributed by atoms with Crippen molar-refractivity contribution in [2.45, 2.75) is 0 Å². The molecule has 0 saturated carbocycles. The molecule has 0 fully saturated rings. The Kier molecular flexibility index (Phi) is 3.09. The highest BCUT2D eigenvalue weighted by Crippen LogP contribution is 2.30. The van der Waals surface area contributed by atoms with Gasteiger partial charge in [-0.2, -0.15) is 0 Å². The van der Waals surface area contributed by atoms with E-state index in [1.54, 1.807) is 0 Å². The molecule has 0 heterocycles. The van der Waals surface area contributed by atoms with Crippen LogP contribution in [-0.4, -0.2) is 5.96 Å². The van der Waals surface area contributed by atoms with Crippen molar-refractivity contribution in [2.24, 2.45) is 16.5 Å². The average molecular weight is 261 g/mol. The summed E-state index contributed by atoms with van der Waals surface area (Å²) in [5, 5.41) is 0. The second kappa shape index (κ2) is 5.05. The molecular formula is C17H15N3. The van der Waals surface area contributed by atoms with Crippen LogP contribution in [0.15, 0.2) is 59.6 Å². The highest BCUT2D eigenvalue weighted by Gasteiger charge is 2.08. The Morgan fingerprint density at radius 3 is 2.40 bits per heavy atom. The molecule has 2 aromatic rings. The van der Waals surface area contributed by atoms with Gasteiger partial charge in [-0.1, -0.05) is 48.6 Å². The monoisotopic (exact) mass is 261 g/mol. The van der Waals surface area contributed by atoms with Crippen LogP contribution < -0.4 is 11.5 Å². The first-order chi connectivity index (χ1) is 9.72. The summed E-state index contributed by atoms with van der Waals surface area (Å²) in [6, 6.07) is 16.2. The van der Waals surface area contributed by atoms with Crippen LogP contribution in [0.1, 0.15) is 16.7 Å². The van der Waals surface area contributed by atoms with Crippen LogP contribution in [0.5, 0.6) is 0 Å². The van der Waals surface area contributed by atoms with E-state index in [1.165, 1.54) is 16.7 Å². The summed E-state index contributed by atoms with van der Waals surface area (Å²) in [5.74, 6) is 0.0729. The lowest BCUT2D eigenvalue weighted by molar-refractivity contribution is 1.42. The van der Waals surface area contributed by atoms with E-state index in [4.69, 9.17) is 11.5 Å². The lowest BCUT2D eigenvalue weighted by atomic mass is 10.0. The molecule has 0 amide bonds. The van der Waals surface area contributed by atoms with E-state index < -0.39 is 0 Å². The van der Waals surface area contributed by atoms with E-state index >= 15 is 0 Å². The molecule has 0 bridgehead atoms. The third-order valence-corrected chi connectivity index (χ3v) is 3.19. The van der Waals surface area contributed by atoms with Gasteiger partial charge in [0.05, 0.1) is 5.69 Å². The SMILES string of the molecule is NC(N)=Nc1ccc(/C=C2/C=Cc3ccccc32)cc1. The number of hydrogen-bond acceptors (Lipinski definition) is 1. The molecule has 1 aliphatic carbocycles. The number of aliphatic imine (C=N–C) groups is 1. The molecule has 3 nitrogen and oxygen atoms in total. The molecule has 1 aliphatic rings. The molecule has 2 aromatic carbocycles. The molecule has 0 aliphatic heterocycles. The normalized spacial score (nSPS) is 14.3. The Bertz CT molecular complexity index is 718. The van der Waals surface area contributed by atoms with Crippen molar-refractivity contribution in [1.29, 1.82) is 0 Å². The average Bonchev–Trinajstić information content (AvgIpc) is 2.84. The quantitative estimate of drug-likeness (QED) is 0.644. The van der Waals surface area contributed by atoms with Gasteiger partial charge in [-0.3, -0.25) is 0 Å². The molecule has 0 aromatic heterocycles. The second-order valence-corrected chi connectivity index (χ2v) is 4.65. The smallest absolute Gasteiger partial charge is 0.191 e. The minimum absolute atomic E-state index is 0.0729. The zero-order valence-electron chi connectivity index (χ0n) is 11.0. The summed E-state index contributed by atoms with van der Waals surface area (Å²) in [6.07, 6.45) is 6.42. The van der Waals surface area contributed by atoms with Gasteiger partial charge in [-0.05, 0) is 40.5 Å². The van der Waals surface area contributed by atoms with Gasteiger partial charge in [0, 0.05) is 0 Å². The summed E-state index contributed by atoms with van der Waals surface area (Å²) in [4.78, 5) is 4.01. The number of rotatable bonds is 2. The molecule has 3 heteroatoms. The fourth-order valence-corrected chi connectivity index (χ4v) is 2.27. The van der Waals surface area contributed by atoms with E-state index in [1.807, 2.05) is 24.3 Å². The first-order valence-electron chi connectivity index (χ1n) is 6.41. The Morgan fingerprint density at radius 1 is 0.900 bits per heavy atom.